The van der Waals surface area contributed by atoms with E-state index >= 15 is 0 Å². The molecule has 4 heteroatoms. The van der Waals surface area contributed by atoms with E-state index in [1.54, 1.807) is 37.3 Å². The lowest BCUT2D eigenvalue weighted by Crippen LogP contribution is -2.04. The molecule has 3 nitrogen and oxygen atoms in total. The molecule has 20 heavy (non-hydrogen) atoms. The van der Waals surface area contributed by atoms with E-state index in [1.807, 2.05) is 24.3 Å². The number of rotatable bonds is 2. The SMILES string of the molecule is Cc1oc2c(c1S(=O)(=O)c1ccccc1)C=CCC=C2. The number of aryl methyl sites for hydroxylation is 1. The summed E-state index contributed by atoms with van der Waals surface area (Å²) in [5.41, 5.74) is 0.639. The third-order valence-electron chi connectivity index (χ3n) is 3.24. The number of allylic oxidation sites excluding steroid dienone is 2. The fraction of sp³-hybridized carbons (Fsp3) is 0.125. The molecule has 102 valence electrons. The average molecular weight is 286 g/mol. The molecule has 0 aliphatic heterocycles. The highest BCUT2D eigenvalue weighted by Gasteiger charge is 2.28. The van der Waals surface area contributed by atoms with Gasteiger partial charge in [-0.15, -0.1) is 0 Å². The van der Waals surface area contributed by atoms with Crippen LogP contribution in [0.25, 0.3) is 12.2 Å². The van der Waals surface area contributed by atoms with Gasteiger partial charge in [-0.25, -0.2) is 8.42 Å². The van der Waals surface area contributed by atoms with Crippen LogP contribution in [0.3, 0.4) is 0 Å². The Bertz CT molecular complexity index is 794. The molecule has 1 aliphatic carbocycles. The Morgan fingerprint density at radius 2 is 1.75 bits per heavy atom. The second-order valence-electron chi connectivity index (χ2n) is 4.62. The van der Waals surface area contributed by atoms with E-state index in [-0.39, 0.29) is 9.79 Å². The maximum atomic E-state index is 12.8. The lowest BCUT2D eigenvalue weighted by molar-refractivity contribution is 0.514. The molecule has 0 N–H and O–H groups in total. The fourth-order valence-electron chi connectivity index (χ4n) is 2.34. The molecule has 0 radical (unpaired) electrons. The van der Waals surface area contributed by atoms with Crippen molar-refractivity contribution in [1.29, 1.82) is 0 Å². The Morgan fingerprint density at radius 1 is 1.05 bits per heavy atom. The van der Waals surface area contributed by atoms with E-state index in [9.17, 15) is 8.42 Å². The van der Waals surface area contributed by atoms with E-state index < -0.39 is 9.84 Å². The van der Waals surface area contributed by atoms with E-state index in [0.717, 1.165) is 6.42 Å². The Balaban J connectivity index is 2.26. The Labute approximate surface area is 118 Å². The van der Waals surface area contributed by atoms with Crippen LogP contribution in [0.5, 0.6) is 0 Å². The van der Waals surface area contributed by atoms with Crippen LogP contribution >= 0.6 is 0 Å². The monoisotopic (exact) mass is 286 g/mol. The van der Waals surface area contributed by atoms with Crippen molar-refractivity contribution >= 4 is 22.0 Å². The van der Waals surface area contributed by atoms with Crippen LogP contribution in [0.15, 0.2) is 56.7 Å². The molecule has 0 unspecified atom stereocenters. The summed E-state index contributed by atoms with van der Waals surface area (Å²) in [7, 11) is -3.56. The summed E-state index contributed by atoms with van der Waals surface area (Å²) in [5, 5.41) is 0. The Kier molecular flexibility index (Phi) is 3.10. The molecule has 1 aliphatic rings. The summed E-state index contributed by atoms with van der Waals surface area (Å²) < 4.78 is 31.2. The first-order chi connectivity index (χ1) is 9.60. The molecule has 3 rings (SSSR count). The Hall–Kier alpha value is -2.07. The topological polar surface area (TPSA) is 47.3 Å². The van der Waals surface area contributed by atoms with Crippen molar-refractivity contribution in [3.63, 3.8) is 0 Å². The Morgan fingerprint density at radius 3 is 2.50 bits per heavy atom. The van der Waals surface area contributed by atoms with Crippen molar-refractivity contribution in [2.45, 2.75) is 23.1 Å². The first-order valence-corrected chi connectivity index (χ1v) is 7.85. The van der Waals surface area contributed by atoms with Gasteiger partial charge in [0, 0.05) is 5.56 Å². The smallest absolute Gasteiger partial charge is 0.210 e. The quantitative estimate of drug-likeness (QED) is 0.842. The molecule has 0 spiro atoms. The normalized spacial score (nSPS) is 14.1. The van der Waals surface area contributed by atoms with Crippen LogP contribution in [0.4, 0.5) is 0 Å². The maximum Gasteiger partial charge on any atom is 0.210 e. The van der Waals surface area contributed by atoms with Crippen molar-refractivity contribution in [2.24, 2.45) is 0 Å². The van der Waals surface area contributed by atoms with Crippen molar-refractivity contribution in [3.05, 3.63) is 59.6 Å². The molecule has 0 saturated carbocycles. The zero-order valence-electron chi connectivity index (χ0n) is 11.0. The summed E-state index contributed by atoms with van der Waals surface area (Å²) in [6.45, 7) is 1.69. The van der Waals surface area contributed by atoms with E-state index in [0.29, 0.717) is 17.1 Å². The summed E-state index contributed by atoms with van der Waals surface area (Å²) in [6, 6.07) is 8.44. The predicted molar refractivity (Wildman–Crippen MR) is 78.0 cm³/mol. The molecule has 0 fully saturated rings. The van der Waals surface area contributed by atoms with Crippen LogP contribution in [0.2, 0.25) is 0 Å². The largest absolute Gasteiger partial charge is 0.460 e. The average Bonchev–Trinajstić information content (AvgIpc) is 2.61. The van der Waals surface area contributed by atoms with Gasteiger partial charge < -0.3 is 4.42 Å². The van der Waals surface area contributed by atoms with Crippen LogP contribution in [0.1, 0.15) is 23.5 Å². The summed E-state index contributed by atoms with van der Waals surface area (Å²) in [5.74, 6) is 1.03. The van der Waals surface area contributed by atoms with Gasteiger partial charge in [-0.2, -0.15) is 0 Å². The molecule has 0 saturated heterocycles. The standard InChI is InChI=1S/C16H14O3S/c1-12-16(14-10-6-3-7-11-15(14)19-12)20(17,18)13-8-4-2-5-9-13/h2,4-11H,3H2,1H3. The number of fused-ring (bicyclic) bond motifs is 1. The van der Waals surface area contributed by atoms with Crippen LogP contribution in [0, 0.1) is 6.92 Å². The van der Waals surface area contributed by atoms with Crippen LogP contribution in [-0.2, 0) is 9.84 Å². The zero-order valence-corrected chi connectivity index (χ0v) is 11.9. The second kappa shape index (κ2) is 4.80. The minimum absolute atomic E-state index is 0.265. The van der Waals surface area contributed by atoms with Crippen LogP contribution in [-0.4, -0.2) is 8.42 Å². The van der Waals surface area contributed by atoms with E-state index in [1.165, 1.54) is 0 Å². The molecule has 0 bridgehead atoms. The molecule has 0 amide bonds. The first-order valence-electron chi connectivity index (χ1n) is 6.37. The van der Waals surface area contributed by atoms with Gasteiger partial charge in [0.15, 0.2) is 0 Å². The second-order valence-corrected chi connectivity index (χ2v) is 6.51. The number of benzene rings is 1. The minimum Gasteiger partial charge on any atom is -0.460 e. The van der Waals surface area contributed by atoms with Crippen LogP contribution < -0.4 is 0 Å². The molecule has 1 heterocycles. The van der Waals surface area contributed by atoms with E-state index in [4.69, 9.17) is 4.42 Å². The van der Waals surface area contributed by atoms with Gasteiger partial charge >= 0.3 is 0 Å². The summed E-state index contributed by atoms with van der Waals surface area (Å²) in [4.78, 5) is 0.551. The molecule has 1 aromatic heterocycles. The zero-order chi connectivity index (χ0) is 14.2. The number of hydrogen-bond acceptors (Lipinski definition) is 3. The first kappa shape index (κ1) is 12.9. The highest BCUT2D eigenvalue weighted by molar-refractivity contribution is 7.91. The lowest BCUT2D eigenvalue weighted by atomic mass is 10.2. The summed E-state index contributed by atoms with van der Waals surface area (Å²) >= 11 is 0. The molecule has 2 aromatic rings. The number of sulfone groups is 1. The van der Waals surface area contributed by atoms with Gasteiger partial charge in [0.25, 0.3) is 0 Å². The number of hydrogen-bond donors (Lipinski definition) is 0. The van der Waals surface area contributed by atoms with Gasteiger partial charge in [0.1, 0.15) is 16.4 Å². The third-order valence-corrected chi connectivity index (χ3v) is 5.18. The van der Waals surface area contributed by atoms with E-state index in [2.05, 4.69) is 0 Å². The van der Waals surface area contributed by atoms with Crippen molar-refractivity contribution in [3.8, 4) is 0 Å². The molecular formula is C16H14O3S. The highest BCUT2D eigenvalue weighted by Crippen LogP contribution is 2.34. The molecular weight excluding hydrogens is 272 g/mol. The lowest BCUT2D eigenvalue weighted by Gasteiger charge is -2.04. The van der Waals surface area contributed by atoms with Gasteiger partial charge in [-0.1, -0.05) is 36.4 Å². The predicted octanol–water partition coefficient (Wildman–Crippen LogP) is 3.85. The third kappa shape index (κ3) is 2.02. The van der Waals surface area contributed by atoms with Crippen molar-refractivity contribution in [2.75, 3.05) is 0 Å². The van der Waals surface area contributed by atoms with Crippen molar-refractivity contribution in [1.82, 2.24) is 0 Å². The number of furan rings is 1. The molecule has 1 aromatic carbocycles. The minimum atomic E-state index is -3.56. The summed E-state index contributed by atoms with van der Waals surface area (Å²) in [6.07, 6.45) is 8.30. The van der Waals surface area contributed by atoms with Gasteiger partial charge in [-0.05, 0) is 31.6 Å². The van der Waals surface area contributed by atoms with Gasteiger partial charge in [0.05, 0.1) is 4.90 Å². The maximum absolute atomic E-state index is 12.8. The van der Waals surface area contributed by atoms with Gasteiger partial charge in [0.2, 0.25) is 9.84 Å². The van der Waals surface area contributed by atoms with Gasteiger partial charge in [-0.3, -0.25) is 0 Å². The highest BCUT2D eigenvalue weighted by atomic mass is 32.2. The fourth-order valence-corrected chi connectivity index (χ4v) is 3.97. The molecule has 0 atom stereocenters. The van der Waals surface area contributed by atoms with Crippen molar-refractivity contribution < 1.29 is 12.8 Å².